The SMILES string of the molecule is C=CC1CCc2oc(=O)oc2C1. The zero-order chi connectivity index (χ0) is 8.55. The third kappa shape index (κ3) is 1.11. The van der Waals surface area contributed by atoms with Crippen LogP contribution in [0.25, 0.3) is 0 Å². The Morgan fingerprint density at radius 3 is 2.92 bits per heavy atom. The first-order chi connectivity index (χ1) is 5.79. The molecule has 12 heavy (non-hydrogen) atoms. The molecule has 1 aromatic rings. The van der Waals surface area contributed by atoms with Gasteiger partial charge in [0.15, 0.2) is 5.76 Å². The second kappa shape index (κ2) is 2.66. The first-order valence-corrected chi connectivity index (χ1v) is 4.04. The molecule has 0 radical (unpaired) electrons. The molecular formula is C9H10O3. The number of allylic oxidation sites excluding steroid dienone is 1. The summed E-state index contributed by atoms with van der Waals surface area (Å²) >= 11 is 0. The molecule has 64 valence electrons. The van der Waals surface area contributed by atoms with Crippen LogP contribution in [0, 0.1) is 5.92 Å². The van der Waals surface area contributed by atoms with Gasteiger partial charge in [0.05, 0.1) is 0 Å². The van der Waals surface area contributed by atoms with Gasteiger partial charge in [0.2, 0.25) is 0 Å². The van der Waals surface area contributed by atoms with Gasteiger partial charge in [-0.2, -0.15) is 0 Å². The predicted molar refractivity (Wildman–Crippen MR) is 43.0 cm³/mol. The molecule has 0 saturated heterocycles. The lowest BCUT2D eigenvalue weighted by Gasteiger charge is -2.14. The lowest BCUT2D eigenvalue weighted by Crippen LogP contribution is -2.09. The Kier molecular flexibility index (Phi) is 1.64. The van der Waals surface area contributed by atoms with Gasteiger partial charge in [-0.25, -0.2) is 4.79 Å². The van der Waals surface area contributed by atoms with Crippen molar-refractivity contribution < 1.29 is 8.83 Å². The summed E-state index contributed by atoms with van der Waals surface area (Å²) < 4.78 is 9.71. The van der Waals surface area contributed by atoms with Crippen LogP contribution >= 0.6 is 0 Å². The van der Waals surface area contributed by atoms with Crippen molar-refractivity contribution in [3.8, 4) is 0 Å². The van der Waals surface area contributed by atoms with Crippen molar-refractivity contribution in [2.75, 3.05) is 0 Å². The van der Waals surface area contributed by atoms with E-state index in [1.165, 1.54) is 0 Å². The Balaban J connectivity index is 2.33. The Morgan fingerprint density at radius 2 is 2.17 bits per heavy atom. The van der Waals surface area contributed by atoms with Crippen LogP contribution in [-0.2, 0) is 12.8 Å². The highest BCUT2D eigenvalue weighted by atomic mass is 16.6. The number of fused-ring (bicyclic) bond motifs is 1. The van der Waals surface area contributed by atoms with E-state index in [0.29, 0.717) is 11.7 Å². The lowest BCUT2D eigenvalue weighted by molar-refractivity contribution is 0.369. The van der Waals surface area contributed by atoms with Crippen molar-refractivity contribution in [1.82, 2.24) is 0 Å². The van der Waals surface area contributed by atoms with Gasteiger partial charge in [0, 0.05) is 12.8 Å². The van der Waals surface area contributed by atoms with Crippen LogP contribution in [-0.4, -0.2) is 0 Å². The number of rotatable bonds is 1. The Bertz CT molecular complexity index is 345. The van der Waals surface area contributed by atoms with Crippen LogP contribution in [0.2, 0.25) is 0 Å². The van der Waals surface area contributed by atoms with Crippen LogP contribution in [0.3, 0.4) is 0 Å². The third-order valence-electron chi connectivity index (χ3n) is 2.25. The van der Waals surface area contributed by atoms with E-state index in [-0.39, 0.29) is 0 Å². The first-order valence-electron chi connectivity index (χ1n) is 4.04. The summed E-state index contributed by atoms with van der Waals surface area (Å²) in [5.74, 6) is 1.28. The molecule has 0 aromatic carbocycles. The molecule has 1 unspecified atom stereocenters. The monoisotopic (exact) mass is 166 g/mol. The summed E-state index contributed by atoms with van der Waals surface area (Å²) in [5, 5.41) is 0. The fourth-order valence-corrected chi connectivity index (χ4v) is 1.54. The quantitative estimate of drug-likeness (QED) is 0.594. The molecule has 0 bridgehead atoms. The maximum Gasteiger partial charge on any atom is 0.519 e. The highest BCUT2D eigenvalue weighted by Crippen LogP contribution is 2.24. The highest BCUT2D eigenvalue weighted by Gasteiger charge is 2.22. The summed E-state index contributed by atoms with van der Waals surface area (Å²) in [6.45, 7) is 3.71. The van der Waals surface area contributed by atoms with Gasteiger partial charge < -0.3 is 8.83 Å². The van der Waals surface area contributed by atoms with Crippen LogP contribution in [0.1, 0.15) is 17.9 Å². The van der Waals surface area contributed by atoms with E-state index in [9.17, 15) is 4.79 Å². The van der Waals surface area contributed by atoms with Crippen LogP contribution < -0.4 is 5.82 Å². The first kappa shape index (κ1) is 7.40. The Morgan fingerprint density at radius 1 is 1.42 bits per heavy atom. The smallest absolute Gasteiger partial charge is 0.396 e. The van der Waals surface area contributed by atoms with Gasteiger partial charge in [-0.3, -0.25) is 0 Å². The standard InChI is InChI=1S/C9H10O3/c1-2-6-3-4-7-8(5-6)12-9(10)11-7/h2,6H,1,3-5H2. The second-order valence-electron chi connectivity index (χ2n) is 3.04. The van der Waals surface area contributed by atoms with Crippen LogP contribution in [0.5, 0.6) is 0 Å². The van der Waals surface area contributed by atoms with Crippen LogP contribution in [0.4, 0.5) is 0 Å². The molecule has 0 amide bonds. The zero-order valence-corrected chi connectivity index (χ0v) is 6.71. The minimum absolute atomic E-state index is 0.429. The summed E-state index contributed by atoms with van der Waals surface area (Å²) in [5.41, 5.74) is 0. The Hall–Kier alpha value is -1.25. The predicted octanol–water partition coefficient (Wildman–Crippen LogP) is 1.52. The maximum absolute atomic E-state index is 10.7. The van der Waals surface area contributed by atoms with Gasteiger partial charge in [-0.15, -0.1) is 6.58 Å². The fraction of sp³-hybridized carbons (Fsp3) is 0.444. The van der Waals surface area contributed by atoms with E-state index in [0.717, 1.165) is 25.0 Å². The minimum Gasteiger partial charge on any atom is -0.396 e. The van der Waals surface area contributed by atoms with Crippen molar-refractivity contribution in [1.29, 1.82) is 0 Å². The van der Waals surface area contributed by atoms with E-state index >= 15 is 0 Å². The molecule has 3 heteroatoms. The number of hydrogen-bond donors (Lipinski definition) is 0. The molecule has 3 nitrogen and oxygen atoms in total. The van der Waals surface area contributed by atoms with E-state index in [2.05, 4.69) is 6.58 Å². The maximum atomic E-state index is 10.7. The van der Waals surface area contributed by atoms with Gasteiger partial charge in [0.25, 0.3) is 0 Å². The topological polar surface area (TPSA) is 43.4 Å². The molecule has 0 aliphatic heterocycles. The average molecular weight is 166 g/mol. The van der Waals surface area contributed by atoms with E-state index in [1.54, 1.807) is 0 Å². The molecule has 0 fully saturated rings. The Labute approximate surface area is 69.7 Å². The molecule has 0 N–H and O–H groups in total. The normalized spacial score (nSPS) is 21.8. The number of aryl methyl sites for hydroxylation is 1. The van der Waals surface area contributed by atoms with Crippen LogP contribution in [0.15, 0.2) is 26.3 Å². The van der Waals surface area contributed by atoms with Crippen molar-refractivity contribution in [2.24, 2.45) is 5.92 Å². The zero-order valence-electron chi connectivity index (χ0n) is 6.71. The molecule has 0 saturated carbocycles. The van der Waals surface area contributed by atoms with Crippen molar-refractivity contribution >= 4 is 0 Å². The van der Waals surface area contributed by atoms with Gasteiger partial charge in [0.1, 0.15) is 5.76 Å². The van der Waals surface area contributed by atoms with Crippen molar-refractivity contribution in [3.05, 3.63) is 34.8 Å². The van der Waals surface area contributed by atoms with Crippen molar-refractivity contribution in [3.63, 3.8) is 0 Å². The summed E-state index contributed by atoms with van der Waals surface area (Å²) in [6, 6.07) is 0. The van der Waals surface area contributed by atoms with E-state index < -0.39 is 5.82 Å². The molecule has 1 aromatic heterocycles. The summed E-state index contributed by atoms with van der Waals surface area (Å²) in [4.78, 5) is 10.7. The highest BCUT2D eigenvalue weighted by molar-refractivity contribution is 5.10. The summed E-state index contributed by atoms with van der Waals surface area (Å²) in [7, 11) is 0. The van der Waals surface area contributed by atoms with E-state index in [4.69, 9.17) is 8.83 Å². The molecule has 1 aliphatic carbocycles. The molecule has 1 atom stereocenters. The fourth-order valence-electron chi connectivity index (χ4n) is 1.54. The largest absolute Gasteiger partial charge is 0.519 e. The average Bonchev–Trinajstić information content (AvgIpc) is 2.43. The van der Waals surface area contributed by atoms with Gasteiger partial charge in [-0.05, 0) is 12.3 Å². The van der Waals surface area contributed by atoms with Crippen molar-refractivity contribution in [2.45, 2.75) is 19.3 Å². The lowest BCUT2D eigenvalue weighted by atomic mass is 9.91. The molecule has 0 spiro atoms. The van der Waals surface area contributed by atoms with E-state index in [1.807, 2.05) is 6.08 Å². The van der Waals surface area contributed by atoms with Gasteiger partial charge in [-0.1, -0.05) is 6.08 Å². The third-order valence-corrected chi connectivity index (χ3v) is 2.25. The minimum atomic E-state index is -0.579. The molecule has 1 aliphatic rings. The molecule has 2 rings (SSSR count). The van der Waals surface area contributed by atoms with Gasteiger partial charge >= 0.3 is 5.82 Å². The molecule has 1 heterocycles. The summed E-state index contributed by atoms with van der Waals surface area (Å²) in [6.07, 6.45) is 4.44. The second-order valence-corrected chi connectivity index (χ2v) is 3.04. The number of hydrogen-bond acceptors (Lipinski definition) is 3. The molecular weight excluding hydrogens is 156 g/mol.